The number of carbonyl (C=O) groups excluding carboxylic acids is 1. The van der Waals surface area contributed by atoms with Crippen molar-refractivity contribution >= 4 is 23.3 Å². The van der Waals surface area contributed by atoms with Crippen molar-refractivity contribution in [2.45, 2.75) is 32.3 Å². The van der Waals surface area contributed by atoms with Crippen molar-refractivity contribution in [1.29, 1.82) is 0 Å². The zero-order chi connectivity index (χ0) is 16.9. The van der Waals surface area contributed by atoms with Crippen LogP contribution in [0.15, 0.2) is 18.2 Å². The van der Waals surface area contributed by atoms with Crippen molar-refractivity contribution in [3.8, 4) is 0 Å². The van der Waals surface area contributed by atoms with Gasteiger partial charge in [-0.05, 0) is 57.0 Å². The largest absolute Gasteiger partial charge is 0.375 e. The van der Waals surface area contributed by atoms with E-state index in [9.17, 15) is 4.79 Å². The fourth-order valence-corrected chi connectivity index (χ4v) is 3.54. The number of hydrogen-bond donors (Lipinski definition) is 1. The number of hydrogen-bond acceptors (Lipinski definition) is 3. The van der Waals surface area contributed by atoms with Crippen molar-refractivity contribution < 1.29 is 9.53 Å². The average Bonchev–Trinajstić information content (AvgIpc) is 2.95. The number of ether oxygens (including phenoxy) is 1. The van der Waals surface area contributed by atoms with Gasteiger partial charge in [0.15, 0.2) is 0 Å². The molecule has 0 aromatic heterocycles. The fraction of sp³-hybridized carbons (Fsp3) is 0.611. The summed E-state index contributed by atoms with van der Waals surface area (Å²) in [6.45, 7) is 7.26. The lowest BCUT2D eigenvalue weighted by Crippen LogP contribution is -2.43. The van der Waals surface area contributed by atoms with E-state index in [1.807, 2.05) is 24.0 Å². The zero-order valence-electron chi connectivity index (χ0n) is 14.3. The number of benzene rings is 1. The Hall–Kier alpha value is -1.30. The molecule has 1 aromatic carbocycles. The number of amides is 2. The van der Waals surface area contributed by atoms with Crippen LogP contribution in [0.4, 0.5) is 10.5 Å². The van der Waals surface area contributed by atoms with E-state index in [0.717, 1.165) is 50.5 Å². The van der Waals surface area contributed by atoms with Gasteiger partial charge in [0.2, 0.25) is 0 Å². The molecule has 2 fully saturated rings. The quantitative estimate of drug-likeness (QED) is 0.908. The van der Waals surface area contributed by atoms with Gasteiger partial charge in [0.1, 0.15) is 0 Å². The third kappa shape index (κ3) is 4.62. The first-order valence-electron chi connectivity index (χ1n) is 8.78. The van der Waals surface area contributed by atoms with Gasteiger partial charge in [-0.3, -0.25) is 0 Å². The van der Waals surface area contributed by atoms with E-state index >= 15 is 0 Å². The van der Waals surface area contributed by atoms with Gasteiger partial charge in [0.25, 0.3) is 0 Å². The van der Waals surface area contributed by atoms with Crippen LogP contribution in [0.1, 0.15) is 24.8 Å². The van der Waals surface area contributed by atoms with E-state index in [-0.39, 0.29) is 12.1 Å². The highest BCUT2D eigenvalue weighted by Crippen LogP contribution is 2.21. The summed E-state index contributed by atoms with van der Waals surface area (Å²) in [4.78, 5) is 17.0. The number of nitrogens with zero attached hydrogens (tertiary/aromatic N) is 2. The lowest BCUT2D eigenvalue weighted by Gasteiger charge is -2.27. The molecule has 2 amide bonds. The summed E-state index contributed by atoms with van der Waals surface area (Å²) in [7, 11) is 0. The molecule has 0 bridgehead atoms. The highest BCUT2D eigenvalue weighted by molar-refractivity contribution is 6.31. The molecule has 3 rings (SSSR count). The molecule has 0 saturated carbocycles. The van der Waals surface area contributed by atoms with Crippen LogP contribution in [0.25, 0.3) is 0 Å². The molecular weight excluding hydrogens is 326 g/mol. The van der Waals surface area contributed by atoms with E-state index < -0.39 is 0 Å². The number of likely N-dealkylation sites (tertiary alicyclic amines) is 1. The maximum absolute atomic E-state index is 12.7. The summed E-state index contributed by atoms with van der Waals surface area (Å²) < 4.78 is 5.95. The number of aryl methyl sites for hydroxylation is 1. The maximum atomic E-state index is 12.7. The molecule has 0 aliphatic carbocycles. The Bertz CT molecular complexity index is 575. The van der Waals surface area contributed by atoms with Crippen LogP contribution in [0.5, 0.6) is 0 Å². The molecule has 1 atom stereocenters. The summed E-state index contributed by atoms with van der Waals surface area (Å²) in [5.41, 5.74) is 1.78. The van der Waals surface area contributed by atoms with Gasteiger partial charge in [0.05, 0.1) is 6.10 Å². The first-order chi connectivity index (χ1) is 11.6. The minimum Gasteiger partial charge on any atom is -0.375 e. The topological polar surface area (TPSA) is 44.8 Å². The first-order valence-corrected chi connectivity index (χ1v) is 9.15. The molecule has 0 radical (unpaired) electrons. The second kappa shape index (κ2) is 8.19. The molecule has 2 saturated heterocycles. The van der Waals surface area contributed by atoms with E-state index in [0.29, 0.717) is 11.6 Å². The van der Waals surface area contributed by atoms with Crippen molar-refractivity contribution in [3.63, 3.8) is 0 Å². The van der Waals surface area contributed by atoms with E-state index in [2.05, 4.69) is 10.2 Å². The zero-order valence-corrected chi connectivity index (χ0v) is 15.0. The SMILES string of the molecule is Cc1ccc(Cl)cc1NC(=O)N1CCCO[C@@H](CN2CCCC2)C1. The number of rotatable bonds is 3. The monoisotopic (exact) mass is 351 g/mol. The number of carbonyl (C=O) groups is 1. The van der Waals surface area contributed by atoms with Crippen LogP contribution in [-0.4, -0.2) is 61.3 Å². The standard InChI is InChI=1S/C18H26ClN3O2/c1-14-5-6-15(19)11-17(14)20-18(23)22-9-4-10-24-16(13-22)12-21-7-2-3-8-21/h5-6,11,16H,2-4,7-10,12-13H2,1H3,(H,20,23)/t16-/m0/s1. The van der Waals surface area contributed by atoms with Gasteiger partial charge in [-0.15, -0.1) is 0 Å². The smallest absolute Gasteiger partial charge is 0.321 e. The molecule has 0 unspecified atom stereocenters. The third-order valence-corrected chi connectivity index (χ3v) is 4.97. The molecule has 1 aromatic rings. The summed E-state index contributed by atoms with van der Waals surface area (Å²) >= 11 is 6.04. The Morgan fingerprint density at radius 1 is 1.29 bits per heavy atom. The molecule has 2 heterocycles. The molecular formula is C18H26ClN3O2. The lowest BCUT2D eigenvalue weighted by molar-refractivity contribution is 0.0355. The van der Waals surface area contributed by atoms with Gasteiger partial charge in [-0.1, -0.05) is 17.7 Å². The Kier molecular flexibility index (Phi) is 5.98. The molecule has 132 valence electrons. The number of halogens is 1. The second-order valence-electron chi connectivity index (χ2n) is 6.69. The summed E-state index contributed by atoms with van der Waals surface area (Å²) in [5.74, 6) is 0. The summed E-state index contributed by atoms with van der Waals surface area (Å²) in [5, 5.41) is 3.62. The normalized spacial score (nSPS) is 22.4. The lowest BCUT2D eigenvalue weighted by atomic mass is 10.2. The second-order valence-corrected chi connectivity index (χ2v) is 7.13. The van der Waals surface area contributed by atoms with Gasteiger partial charge in [-0.2, -0.15) is 0 Å². The van der Waals surface area contributed by atoms with Crippen LogP contribution in [0.3, 0.4) is 0 Å². The molecule has 0 spiro atoms. The Balaban J connectivity index is 1.61. The number of nitrogens with one attached hydrogen (secondary N) is 1. The highest BCUT2D eigenvalue weighted by Gasteiger charge is 2.25. The van der Waals surface area contributed by atoms with Crippen LogP contribution in [-0.2, 0) is 4.74 Å². The van der Waals surface area contributed by atoms with Gasteiger partial charge >= 0.3 is 6.03 Å². The van der Waals surface area contributed by atoms with Crippen LogP contribution in [0, 0.1) is 6.92 Å². The van der Waals surface area contributed by atoms with Crippen LogP contribution >= 0.6 is 11.6 Å². The average molecular weight is 352 g/mol. The van der Waals surface area contributed by atoms with Crippen molar-refractivity contribution in [3.05, 3.63) is 28.8 Å². The molecule has 2 aliphatic heterocycles. The van der Waals surface area contributed by atoms with Crippen LogP contribution in [0.2, 0.25) is 5.02 Å². The minimum absolute atomic E-state index is 0.0720. The van der Waals surface area contributed by atoms with Crippen molar-refractivity contribution in [2.75, 3.05) is 44.6 Å². The first kappa shape index (κ1) is 17.5. The van der Waals surface area contributed by atoms with Gasteiger partial charge in [0, 0.05) is 37.0 Å². The Morgan fingerprint density at radius 3 is 2.88 bits per heavy atom. The summed E-state index contributed by atoms with van der Waals surface area (Å²) in [6, 6.07) is 5.47. The van der Waals surface area contributed by atoms with Gasteiger partial charge in [-0.25, -0.2) is 4.79 Å². The predicted molar refractivity (Wildman–Crippen MR) is 96.8 cm³/mol. The third-order valence-electron chi connectivity index (χ3n) is 4.74. The van der Waals surface area contributed by atoms with Gasteiger partial charge < -0.3 is 19.9 Å². The van der Waals surface area contributed by atoms with Crippen molar-refractivity contribution in [2.24, 2.45) is 0 Å². The van der Waals surface area contributed by atoms with Crippen molar-refractivity contribution in [1.82, 2.24) is 9.80 Å². The Labute approximate surface area is 148 Å². The van der Waals surface area contributed by atoms with Crippen LogP contribution < -0.4 is 5.32 Å². The Morgan fingerprint density at radius 2 is 2.08 bits per heavy atom. The fourth-order valence-electron chi connectivity index (χ4n) is 3.37. The van der Waals surface area contributed by atoms with E-state index in [4.69, 9.17) is 16.3 Å². The number of urea groups is 1. The molecule has 5 nitrogen and oxygen atoms in total. The number of anilines is 1. The molecule has 1 N–H and O–H groups in total. The maximum Gasteiger partial charge on any atom is 0.321 e. The molecule has 24 heavy (non-hydrogen) atoms. The highest BCUT2D eigenvalue weighted by atomic mass is 35.5. The molecule has 6 heteroatoms. The minimum atomic E-state index is -0.0720. The predicted octanol–water partition coefficient (Wildman–Crippen LogP) is 3.37. The molecule has 2 aliphatic rings. The summed E-state index contributed by atoms with van der Waals surface area (Å²) in [6.07, 6.45) is 3.51. The van der Waals surface area contributed by atoms with E-state index in [1.165, 1.54) is 12.8 Å². The van der Waals surface area contributed by atoms with E-state index in [1.54, 1.807) is 6.07 Å².